The van der Waals surface area contributed by atoms with Gasteiger partial charge in [0.2, 0.25) is 0 Å². The molecule has 0 bridgehead atoms. The van der Waals surface area contributed by atoms with Gasteiger partial charge in [0.1, 0.15) is 18.2 Å². The average Bonchev–Trinajstić information content (AvgIpc) is 3.17. The molecule has 0 atom stereocenters. The normalized spacial score (nSPS) is 10.7. The van der Waals surface area contributed by atoms with Crippen LogP contribution < -0.4 is 10.5 Å². The van der Waals surface area contributed by atoms with Crippen molar-refractivity contribution < 1.29 is 9.26 Å². The maximum absolute atomic E-state index is 5.79. The van der Waals surface area contributed by atoms with Gasteiger partial charge in [0.05, 0.1) is 5.69 Å². The summed E-state index contributed by atoms with van der Waals surface area (Å²) in [6.07, 6.45) is 5.87. The predicted molar refractivity (Wildman–Crippen MR) is 102 cm³/mol. The molecule has 0 aliphatic heterocycles. The van der Waals surface area contributed by atoms with Gasteiger partial charge < -0.3 is 15.0 Å². The van der Waals surface area contributed by atoms with Crippen molar-refractivity contribution in [3.05, 3.63) is 90.0 Å². The van der Waals surface area contributed by atoms with Crippen molar-refractivity contribution in [1.82, 2.24) is 15.1 Å². The van der Waals surface area contributed by atoms with Crippen LogP contribution >= 0.6 is 0 Å². The predicted octanol–water partition coefficient (Wildman–Crippen LogP) is 3.88. The highest BCUT2D eigenvalue weighted by atomic mass is 16.5. The second kappa shape index (κ2) is 7.70. The van der Waals surface area contributed by atoms with Crippen LogP contribution in [0.3, 0.4) is 0 Å². The molecular weight excluding hydrogens is 340 g/mol. The maximum atomic E-state index is 5.79. The van der Waals surface area contributed by atoms with Crippen molar-refractivity contribution in [3.63, 3.8) is 0 Å². The summed E-state index contributed by atoms with van der Waals surface area (Å²) < 4.78 is 11.2. The Labute approximate surface area is 156 Å². The van der Waals surface area contributed by atoms with Crippen molar-refractivity contribution >= 4 is 5.82 Å². The molecule has 0 spiro atoms. The van der Waals surface area contributed by atoms with Crippen LogP contribution in [0.1, 0.15) is 16.8 Å². The molecule has 27 heavy (non-hydrogen) atoms. The second-order valence-corrected chi connectivity index (χ2v) is 6.12. The van der Waals surface area contributed by atoms with E-state index < -0.39 is 0 Å². The van der Waals surface area contributed by atoms with Crippen LogP contribution in [0.25, 0.3) is 11.3 Å². The molecule has 6 heteroatoms. The zero-order valence-electron chi connectivity index (χ0n) is 14.6. The number of nitrogens with two attached hydrogens (primary N) is 1. The van der Waals surface area contributed by atoms with E-state index in [1.807, 2.05) is 48.5 Å². The third kappa shape index (κ3) is 4.30. The van der Waals surface area contributed by atoms with Crippen LogP contribution in [0, 0.1) is 0 Å². The molecule has 0 aliphatic rings. The van der Waals surface area contributed by atoms with E-state index in [0.717, 1.165) is 28.1 Å². The number of nitrogen functional groups attached to an aromatic ring is 1. The van der Waals surface area contributed by atoms with Crippen LogP contribution in [0.4, 0.5) is 5.82 Å². The summed E-state index contributed by atoms with van der Waals surface area (Å²) in [5, 5.41) is 4.14. The van der Waals surface area contributed by atoms with Crippen LogP contribution in [0.5, 0.6) is 5.75 Å². The standard InChI is InChI=1S/C21H18N4O2/c22-21-6-3-17(13-24-21)20-12-18(25-27-20)11-15-1-4-19(5-2-15)26-14-16-7-9-23-10-8-16/h1-10,12-13H,11,14H2,(H2,22,24). The molecule has 134 valence electrons. The van der Waals surface area contributed by atoms with Gasteiger partial charge in [-0.25, -0.2) is 4.98 Å². The zero-order chi connectivity index (χ0) is 18.5. The third-order valence-electron chi connectivity index (χ3n) is 4.09. The zero-order valence-corrected chi connectivity index (χ0v) is 14.6. The van der Waals surface area contributed by atoms with E-state index in [1.165, 1.54) is 0 Å². The largest absolute Gasteiger partial charge is 0.489 e. The van der Waals surface area contributed by atoms with Gasteiger partial charge in [-0.2, -0.15) is 0 Å². The van der Waals surface area contributed by atoms with E-state index in [4.69, 9.17) is 15.0 Å². The quantitative estimate of drug-likeness (QED) is 0.563. The fourth-order valence-electron chi connectivity index (χ4n) is 2.64. The van der Waals surface area contributed by atoms with Crippen LogP contribution in [-0.2, 0) is 13.0 Å². The topological polar surface area (TPSA) is 87.1 Å². The molecule has 0 amide bonds. The lowest BCUT2D eigenvalue weighted by Crippen LogP contribution is -1.95. The number of benzene rings is 1. The van der Waals surface area contributed by atoms with E-state index in [1.54, 1.807) is 24.7 Å². The molecular formula is C21H18N4O2. The monoisotopic (exact) mass is 358 g/mol. The highest BCUT2D eigenvalue weighted by Crippen LogP contribution is 2.22. The minimum absolute atomic E-state index is 0.477. The lowest BCUT2D eigenvalue weighted by molar-refractivity contribution is 0.306. The van der Waals surface area contributed by atoms with Gasteiger partial charge in [0, 0.05) is 36.6 Å². The minimum atomic E-state index is 0.477. The van der Waals surface area contributed by atoms with Crippen molar-refractivity contribution in [2.75, 3.05) is 5.73 Å². The minimum Gasteiger partial charge on any atom is -0.489 e. The summed E-state index contributed by atoms with van der Waals surface area (Å²) >= 11 is 0. The molecule has 0 unspecified atom stereocenters. The number of ether oxygens (including phenoxy) is 1. The van der Waals surface area contributed by atoms with E-state index in [-0.39, 0.29) is 0 Å². The summed E-state index contributed by atoms with van der Waals surface area (Å²) in [6.45, 7) is 0.518. The lowest BCUT2D eigenvalue weighted by Gasteiger charge is -2.06. The molecule has 6 nitrogen and oxygen atoms in total. The Morgan fingerprint density at radius 1 is 0.926 bits per heavy atom. The highest BCUT2D eigenvalue weighted by Gasteiger charge is 2.08. The lowest BCUT2D eigenvalue weighted by atomic mass is 10.1. The first-order chi connectivity index (χ1) is 13.3. The van der Waals surface area contributed by atoms with Crippen molar-refractivity contribution in [1.29, 1.82) is 0 Å². The summed E-state index contributed by atoms with van der Waals surface area (Å²) in [4.78, 5) is 8.07. The Bertz CT molecular complexity index is 997. The SMILES string of the molecule is Nc1ccc(-c2cc(Cc3ccc(OCc4ccncc4)cc3)no2)cn1. The van der Waals surface area contributed by atoms with Crippen molar-refractivity contribution in [2.45, 2.75) is 13.0 Å². The van der Waals surface area contributed by atoms with Gasteiger partial charge in [-0.3, -0.25) is 4.98 Å². The first-order valence-electron chi connectivity index (χ1n) is 8.54. The first-order valence-corrected chi connectivity index (χ1v) is 8.54. The molecule has 3 aromatic heterocycles. The smallest absolute Gasteiger partial charge is 0.168 e. The van der Waals surface area contributed by atoms with Crippen LogP contribution in [0.15, 0.2) is 77.7 Å². The first kappa shape index (κ1) is 16.8. The summed E-state index contributed by atoms with van der Waals surface area (Å²) in [5.74, 6) is 1.98. The van der Waals surface area contributed by atoms with Gasteiger partial charge in [-0.05, 0) is 47.5 Å². The molecule has 0 fully saturated rings. The Morgan fingerprint density at radius 2 is 1.74 bits per heavy atom. The maximum Gasteiger partial charge on any atom is 0.168 e. The van der Waals surface area contributed by atoms with E-state index >= 15 is 0 Å². The van der Waals surface area contributed by atoms with Crippen molar-refractivity contribution in [2.24, 2.45) is 0 Å². The van der Waals surface area contributed by atoms with Gasteiger partial charge in [-0.1, -0.05) is 17.3 Å². The van der Waals surface area contributed by atoms with Gasteiger partial charge in [0.15, 0.2) is 5.76 Å². The van der Waals surface area contributed by atoms with E-state index in [9.17, 15) is 0 Å². The number of rotatable bonds is 6. The van der Waals surface area contributed by atoms with Gasteiger partial charge in [-0.15, -0.1) is 0 Å². The van der Waals surface area contributed by atoms with E-state index in [2.05, 4.69) is 15.1 Å². The number of anilines is 1. The second-order valence-electron chi connectivity index (χ2n) is 6.12. The van der Waals surface area contributed by atoms with E-state index in [0.29, 0.717) is 24.6 Å². The molecule has 0 saturated heterocycles. The number of nitrogens with zero attached hydrogens (tertiary/aromatic N) is 3. The summed E-state index contributed by atoms with van der Waals surface area (Å²) in [5.41, 5.74) is 9.52. The average molecular weight is 358 g/mol. The molecule has 0 aliphatic carbocycles. The Morgan fingerprint density at radius 3 is 2.48 bits per heavy atom. The molecule has 3 heterocycles. The van der Waals surface area contributed by atoms with Crippen LogP contribution in [0.2, 0.25) is 0 Å². The number of hydrogen-bond acceptors (Lipinski definition) is 6. The fraction of sp³-hybridized carbons (Fsp3) is 0.0952. The van der Waals surface area contributed by atoms with Crippen LogP contribution in [-0.4, -0.2) is 15.1 Å². The molecule has 4 aromatic rings. The molecule has 0 radical (unpaired) electrons. The fourth-order valence-corrected chi connectivity index (χ4v) is 2.64. The number of pyridine rings is 2. The number of hydrogen-bond donors (Lipinski definition) is 1. The molecule has 1 aromatic carbocycles. The van der Waals surface area contributed by atoms with Gasteiger partial charge in [0.25, 0.3) is 0 Å². The third-order valence-corrected chi connectivity index (χ3v) is 4.09. The van der Waals surface area contributed by atoms with Gasteiger partial charge >= 0.3 is 0 Å². The molecule has 0 saturated carbocycles. The Balaban J connectivity index is 1.38. The molecule has 4 rings (SSSR count). The Kier molecular flexibility index (Phi) is 4.78. The number of aromatic nitrogens is 3. The van der Waals surface area contributed by atoms with Crippen molar-refractivity contribution in [3.8, 4) is 17.1 Å². The highest BCUT2D eigenvalue weighted by molar-refractivity contribution is 5.57. The molecule has 2 N–H and O–H groups in total. The Hall–Kier alpha value is -3.67. The summed E-state index contributed by atoms with van der Waals surface area (Å²) in [6, 6.07) is 17.4. The summed E-state index contributed by atoms with van der Waals surface area (Å²) in [7, 11) is 0.